The van der Waals surface area contributed by atoms with Gasteiger partial charge >= 0.3 is 0 Å². The van der Waals surface area contributed by atoms with E-state index in [4.69, 9.17) is 0 Å². The minimum Gasteiger partial charge on any atom is -0.313 e. The molecule has 1 aromatic heterocycles. The van der Waals surface area contributed by atoms with Crippen molar-refractivity contribution in [2.24, 2.45) is 11.8 Å². The van der Waals surface area contributed by atoms with Crippen molar-refractivity contribution in [3.05, 3.63) is 18.5 Å². The first kappa shape index (κ1) is 11.6. The number of aromatic nitrogens is 2. The third-order valence-corrected chi connectivity index (χ3v) is 3.35. The van der Waals surface area contributed by atoms with Gasteiger partial charge in [-0.25, -0.2) is 0 Å². The van der Waals surface area contributed by atoms with E-state index in [9.17, 15) is 0 Å². The minimum absolute atomic E-state index is 0.734. The van der Waals surface area contributed by atoms with E-state index in [1.807, 2.05) is 23.1 Å². The molecule has 0 radical (unpaired) electrons. The SMILES string of the molecule is CC(C)C(NCCCn1cccn1)C1CC1. The van der Waals surface area contributed by atoms with Gasteiger partial charge in [0.05, 0.1) is 0 Å². The molecule has 90 valence electrons. The molecule has 0 saturated heterocycles. The van der Waals surface area contributed by atoms with Gasteiger partial charge < -0.3 is 5.32 Å². The second-order valence-electron chi connectivity index (χ2n) is 5.18. The lowest BCUT2D eigenvalue weighted by atomic mass is 9.99. The maximum atomic E-state index is 4.20. The highest BCUT2D eigenvalue weighted by molar-refractivity contribution is 4.88. The Bertz CT molecular complexity index is 286. The molecule has 1 aliphatic rings. The van der Waals surface area contributed by atoms with Crippen LogP contribution < -0.4 is 5.32 Å². The number of nitrogens with zero attached hydrogens (tertiary/aromatic N) is 2. The van der Waals surface area contributed by atoms with Crippen molar-refractivity contribution in [1.29, 1.82) is 0 Å². The molecule has 1 N–H and O–H groups in total. The summed E-state index contributed by atoms with van der Waals surface area (Å²) in [5.74, 6) is 1.71. The fourth-order valence-corrected chi connectivity index (χ4v) is 2.34. The lowest BCUT2D eigenvalue weighted by molar-refractivity contribution is 0.354. The molecular weight excluding hydrogens is 198 g/mol. The molecule has 1 heterocycles. The third-order valence-electron chi connectivity index (χ3n) is 3.35. The van der Waals surface area contributed by atoms with E-state index in [0.717, 1.165) is 37.4 Å². The zero-order valence-electron chi connectivity index (χ0n) is 10.4. The molecule has 1 fully saturated rings. The molecule has 0 spiro atoms. The van der Waals surface area contributed by atoms with Crippen LogP contribution in [-0.2, 0) is 6.54 Å². The molecule has 0 aromatic carbocycles. The quantitative estimate of drug-likeness (QED) is 0.716. The highest BCUT2D eigenvalue weighted by atomic mass is 15.3. The predicted molar refractivity (Wildman–Crippen MR) is 66.2 cm³/mol. The molecule has 1 aromatic rings. The Balaban J connectivity index is 1.63. The molecule has 1 unspecified atom stereocenters. The first-order valence-corrected chi connectivity index (χ1v) is 6.48. The fourth-order valence-electron chi connectivity index (χ4n) is 2.34. The molecule has 3 nitrogen and oxygen atoms in total. The Morgan fingerprint density at radius 2 is 2.25 bits per heavy atom. The Kier molecular flexibility index (Phi) is 3.99. The fraction of sp³-hybridized carbons (Fsp3) is 0.769. The average Bonchev–Trinajstić information content (AvgIpc) is 2.94. The van der Waals surface area contributed by atoms with Crippen LogP contribution in [0.4, 0.5) is 0 Å². The molecule has 16 heavy (non-hydrogen) atoms. The van der Waals surface area contributed by atoms with E-state index in [-0.39, 0.29) is 0 Å². The van der Waals surface area contributed by atoms with Crippen molar-refractivity contribution in [1.82, 2.24) is 15.1 Å². The summed E-state index contributed by atoms with van der Waals surface area (Å²) in [6.07, 6.45) is 7.89. The first-order valence-electron chi connectivity index (χ1n) is 6.48. The van der Waals surface area contributed by atoms with Gasteiger partial charge in [-0.15, -0.1) is 0 Å². The summed E-state index contributed by atoms with van der Waals surface area (Å²) >= 11 is 0. The van der Waals surface area contributed by atoms with Gasteiger partial charge in [0.15, 0.2) is 0 Å². The topological polar surface area (TPSA) is 29.9 Å². The summed E-state index contributed by atoms with van der Waals surface area (Å²) in [4.78, 5) is 0. The number of hydrogen-bond donors (Lipinski definition) is 1. The van der Waals surface area contributed by atoms with Crippen LogP contribution in [0.15, 0.2) is 18.5 Å². The second-order valence-corrected chi connectivity index (χ2v) is 5.18. The molecule has 1 saturated carbocycles. The Hall–Kier alpha value is -0.830. The summed E-state index contributed by atoms with van der Waals surface area (Å²) < 4.78 is 2.00. The molecule has 0 bridgehead atoms. The lowest BCUT2D eigenvalue weighted by Crippen LogP contribution is -2.36. The van der Waals surface area contributed by atoms with Gasteiger partial charge in [-0.1, -0.05) is 13.8 Å². The van der Waals surface area contributed by atoms with E-state index < -0.39 is 0 Å². The van der Waals surface area contributed by atoms with Crippen molar-refractivity contribution in [2.45, 2.75) is 45.7 Å². The van der Waals surface area contributed by atoms with Crippen LogP contribution in [0.1, 0.15) is 33.1 Å². The lowest BCUT2D eigenvalue weighted by Gasteiger charge is -2.22. The van der Waals surface area contributed by atoms with Crippen molar-refractivity contribution >= 4 is 0 Å². The summed E-state index contributed by atoms with van der Waals surface area (Å²) in [5.41, 5.74) is 0. The normalized spacial score (nSPS) is 17.9. The van der Waals surface area contributed by atoms with E-state index >= 15 is 0 Å². The van der Waals surface area contributed by atoms with Crippen LogP contribution in [0.2, 0.25) is 0 Å². The van der Waals surface area contributed by atoms with Crippen molar-refractivity contribution in [3.8, 4) is 0 Å². The van der Waals surface area contributed by atoms with Crippen LogP contribution in [0.25, 0.3) is 0 Å². The van der Waals surface area contributed by atoms with Gasteiger partial charge in [0.25, 0.3) is 0 Å². The van der Waals surface area contributed by atoms with E-state index in [0.29, 0.717) is 0 Å². The Morgan fingerprint density at radius 3 is 2.81 bits per heavy atom. The monoisotopic (exact) mass is 221 g/mol. The predicted octanol–water partition coefficient (Wildman–Crippen LogP) is 2.30. The van der Waals surface area contributed by atoms with E-state index in [2.05, 4.69) is 24.3 Å². The van der Waals surface area contributed by atoms with Gasteiger partial charge in [-0.3, -0.25) is 4.68 Å². The molecule has 0 aliphatic heterocycles. The third kappa shape index (κ3) is 3.34. The highest BCUT2D eigenvalue weighted by Gasteiger charge is 2.32. The number of hydrogen-bond acceptors (Lipinski definition) is 2. The van der Waals surface area contributed by atoms with Crippen molar-refractivity contribution < 1.29 is 0 Å². The number of rotatable bonds is 7. The zero-order valence-corrected chi connectivity index (χ0v) is 10.4. The Morgan fingerprint density at radius 1 is 1.44 bits per heavy atom. The van der Waals surface area contributed by atoms with Gasteiger partial charge in [0, 0.05) is 25.0 Å². The summed E-state index contributed by atoms with van der Waals surface area (Å²) in [6.45, 7) is 6.78. The van der Waals surface area contributed by atoms with Crippen LogP contribution in [0, 0.1) is 11.8 Å². The number of nitrogens with one attached hydrogen (secondary N) is 1. The standard InChI is InChI=1S/C13H23N3/c1-11(2)13(12-5-6-12)14-7-3-9-16-10-4-8-15-16/h4,8,10-14H,3,5-7,9H2,1-2H3. The second kappa shape index (κ2) is 5.48. The number of aryl methyl sites for hydroxylation is 1. The van der Waals surface area contributed by atoms with Gasteiger partial charge in [0.2, 0.25) is 0 Å². The van der Waals surface area contributed by atoms with Gasteiger partial charge in [-0.05, 0) is 43.7 Å². The Labute approximate surface area is 98.2 Å². The molecule has 0 amide bonds. The summed E-state index contributed by atoms with van der Waals surface area (Å²) in [6, 6.07) is 2.71. The molecular formula is C13H23N3. The van der Waals surface area contributed by atoms with Crippen LogP contribution in [-0.4, -0.2) is 22.4 Å². The summed E-state index contributed by atoms with van der Waals surface area (Å²) in [7, 11) is 0. The zero-order chi connectivity index (χ0) is 11.4. The van der Waals surface area contributed by atoms with Crippen LogP contribution >= 0.6 is 0 Å². The molecule has 3 heteroatoms. The minimum atomic E-state index is 0.734. The van der Waals surface area contributed by atoms with E-state index in [1.165, 1.54) is 12.8 Å². The average molecular weight is 221 g/mol. The molecule has 1 aliphatic carbocycles. The van der Waals surface area contributed by atoms with Gasteiger partial charge in [0.1, 0.15) is 0 Å². The highest BCUT2D eigenvalue weighted by Crippen LogP contribution is 2.35. The van der Waals surface area contributed by atoms with Crippen LogP contribution in [0.5, 0.6) is 0 Å². The van der Waals surface area contributed by atoms with Crippen molar-refractivity contribution in [2.75, 3.05) is 6.54 Å². The van der Waals surface area contributed by atoms with Crippen molar-refractivity contribution in [3.63, 3.8) is 0 Å². The maximum Gasteiger partial charge on any atom is 0.0489 e. The smallest absolute Gasteiger partial charge is 0.0489 e. The van der Waals surface area contributed by atoms with Gasteiger partial charge in [-0.2, -0.15) is 5.10 Å². The summed E-state index contributed by atoms with van der Waals surface area (Å²) in [5, 5.41) is 7.91. The van der Waals surface area contributed by atoms with Crippen LogP contribution in [0.3, 0.4) is 0 Å². The molecule has 2 rings (SSSR count). The molecule has 1 atom stereocenters. The largest absolute Gasteiger partial charge is 0.313 e. The first-order chi connectivity index (χ1) is 7.77. The van der Waals surface area contributed by atoms with E-state index in [1.54, 1.807) is 0 Å². The maximum absolute atomic E-state index is 4.20.